The molecular weight excluding hydrogens is 522 g/mol. The van der Waals surface area contributed by atoms with Crippen molar-refractivity contribution in [2.75, 3.05) is 0 Å². The van der Waals surface area contributed by atoms with Crippen LogP contribution in [-0.2, 0) is 40.3 Å². The van der Waals surface area contributed by atoms with Gasteiger partial charge in [0.15, 0.2) is 0 Å². The van der Waals surface area contributed by atoms with E-state index in [1.807, 2.05) is 0 Å². The van der Waals surface area contributed by atoms with Gasteiger partial charge in [0.05, 0.1) is 0 Å². The summed E-state index contributed by atoms with van der Waals surface area (Å²) in [7, 11) is 0. The van der Waals surface area contributed by atoms with E-state index in [1.54, 1.807) is 22.3 Å². The van der Waals surface area contributed by atoms with E-state index in [1.165, 1.54) is 47.9 Å². The SMILES string of the molecule is CC(C)(C)c1ccc2c(c1)[C]13CC[C]4([Zr+2]1)C(=Cc1ccc(C(C)(C)C)cc14)CCC3=C2.[Cl-].[Cl-]. The van der Waals surface area contributed by atoms with E-state index < -0.39 is 23.2 Å². The number of fused-ring (bicyclic) bond motifs is 2. The van der Waals surface area contributed by atoms with Gasteiger partial charge in [0.2, 0.25) is 0 Å². The summed E-state index contributed by atoms with van der Waals surface area (Å²) in [5.74, 6) is 0. The maximum absolute atomic E-state index is 2.62. The first-order chi connectivity index (χ1) is 14.5. The van der Waals surface area contributed by atoms with E-state index in [0.717, 1.165) is 0 Å². The summed E-state index contributed by atoms with van der Waals surface area (Å²) in [6.45, 7) is 14.2. The molecule has 2 aromatic carbocycles. The van der Waals surface area contributed by atoms with Crippen molar-refractivity contribution in [3.05, 3.63) is 80.9 Å². The smallest absolute Gasteiger partial charge is 1.00 e. The van der Waals surface area contributed by atoms with Crippen molar-refractivity contribution in [3.8, 4) is 0 Å². The second-order valence-corrected chi connectivity index (χ2v) is 17.2. The molecule has 6 rings (SSSR count). The number of hydrogen-bond donors (Lipinski definition) is 0. The molecule has 0 N–H and O–H groups in total. The summed E-state index contributed by atoms with van der Waals surface area (Å²) in [6.07, 6.45) is 10.5. The average molecular weight is 557 g/mol. The Bertz CT molecular complexity index is 1100. The van der Waals surface area contributed by atoms with E-state index in [2.05, 4.69) is 90.1 Å². The van der Waals surface area contributed by atoms with Gasteiger partial charge < -0.3 is 24.8 Å². The number of hydrogen-bond acceptors (Lipinski definition) is 0. The predicted octanol–water partition coefficient (Wildman–Crippen LogP) is 1.84. The summed E-state index contributed by atoms with van der Waals surface area (Å²) in [5, 5.41) is 0. The topological polar surface area (TPSA) is 0 Å². The van der Waals surface area contributed by atoms with Crippen LogP contribution in [0.15, 0.2) is 47.5 Å². The fourth-order valence-corrected chi connectivity index (χ4v) is 13.1. The molecule has 0 aromatic heterocycles. The second kappa shape index (κ2) is 7.95. The Kier molecular flexibility index (Phi) is 6.13. The van der Waals surface area contributed by atoms with Crippen LogP contribution in [0.2, 0.25) is 0 Å². The quantitative estimate of drug-likeness (QED) is 0.465. The molecule has 2 bridgehead atoms. The van der Waals surface area contributed by atoms with E-state index >= 15 is 0 Å². The van der Waals surface area contributed by atoms with Crippen LogP contribution in [-0.4, -0.2) is 0 Å². The zero-order valence-electron chi connectivity index (χ0n) is 20.7. The van der Waals surface area contributed by atoms with Gasteiger partial charge in [-0.15, -0.1) is 0 Å². The largest absolute Gasteiger partial charge is 1.00 e. The van der Waals surface area contributed by atoms with Crippen LogP contribution in [0.1, 0.15) is 101 Å². The van der Waals surface area contributed by atoms with Crippen molar-refractivity contribution < 1.29 is 48.0 Å². The summed E-state index contributed by atoms with van der Waals surface area (Å²) >= 11 is -0.804. The number of halogens is 2. The molecule has 0 saturated carbocycles. The monoisotopic (exact) mass is 554 g/mol. The van der Waals surface area contributed by atoms with Crippen LogP contribution in [0.3, 0.4) is 0 Å². The van der Waals surface area contributed by atoms with Gasteiger partial charge in [-0.1, -0.05) is 0 Å². The first kappa shape index (κ1) is 25.5. The Morgan fingerprint density at radius 3 is 1.39 bits per heavy atom. The van der Waals surface area contributed by atoms with E-state index in [0.29, 0.717) is 6.25 Å². The van der Waals surface area contributed by atoms with Gasteiger partial charge in [0.25, 0.3) is 0 Å². The molecule has 2 saturated heterocycles. The van der Waals surface area contributed by atoms with E-state index in [9.17, 15) is 0 Å². The molecule has 0 amide bonds. The van der Waals surface area contributed by atoms with Gasteiger partial charge >= 0.3 is 201 Å². The Labute approximate surface area is 224 Å². The molecule has 172 valence electrons. The van der Waals surface area contributed by atoms with Crippen LogP contribution < -0.4 is 24.8 Å². The second-order valence-electron chi connectivity index (χ2n) is 12.4. The van der Waals surface area contributed by atoms with E-state index in [4.69, 9.17) is 0 Å². The van der Waals surface area contributed by atoms with Crippen molar-refractivity contribution in [3.63, 3.8) is 0 Å². The van der Waals surface area contributed by atoms with Crippen molar-refractivity contribution in [1.82, 2.24) is 0 Å². The zero-order valence-corrected chi connectivity index (χ0v) is 24.7. The molecule has 2 fully saturated rings. The van der Waals surface area contributed by atoms with Gasteiger partial charge in [0, 0.05) is 0 Å². The third-order valence-electron chi connectivity index (χ3n) is 8.48. The molecule has 2 aromatic rings. The third kappa shape index (κ3) is 3.55. The molecule has 2 atom stereocenters. The first-order valence-corrected chi connectivity index (χ1v) is 14.5. The van der Waals surface area contributed by atoms with Gasteiger partial charge in [-0.05, 0) is 0 Å². The van der Waals surface area contributed by atoms with Gasteiger partial charge in [-0.2, -0.15) is 0 Å². The normalized spacial score (nSPS) is 26.1. The van der Waals surface area contributed by atoms with Crippen LogP contribution >= 0.6 is 0 Å². The summed E-state index contributed by atoms with van der Waals surface area (Å²) < 4.78 is 0.851. The first-order valence-electron chi connectivity index (χ1n) is 12.0. The van der Waals surface area contributed by atoms with Gasteiger partial charge in [-0.3, -0.25) is 0 Å². The Morgan fingerprint density at radius 2 is 1.03 bits per heavy atom. The molecule has 2 unspecified atom stereocenters. The van der Waals surface area contributed by atoms with E-state index in [-0.39, 0.29) is 35.6 Å². The van der Waals surface area contributed by atoms with Gasteiger partial charge in [0.1, 0.15) is 0 Å². The zero-order chi connectivity index (χ0) is 21.8. The molecule has 3 heteroatoms. The number of rotatable bonds is 0. The molecule has 0 radical (unpaired) electrons. The Morgan fingerprint density at radius 1 is 0.636 bits per heavy atom. The standard InChI is InChI=1S/C30H34.2ClH.Zr/c1-29(2,3)23-11-9-21-15-19-7-8-20-16-22-10-12-24(30(4,5)6)18-28(22)26(20)14-13-25(19)27(21)17-23;;;/h9-12,15-18H,7-8,13-14H2,1-6H3;2*1H;/q;;;+2/p-2. The van der Waals surface area contributed by atoms with Crippen LogP contribution in [0.25, 0.3) is 12.2 Å². The van der Waals surface area contributed by atoms with Crippen molar-refractivity contribution >= 4 is 12.2 Å². The average Bonchev–Trinajstić information content (AvgIpc) is 3.30. The maximum atomic E-state index is 2.62. The molecule has 0 nitrogen and oxygen atoms in total. The van der Waals surface area contributed by atoms with Crippen molar-refractivity contribution in [1.29, 1.82) is 0 Å². The molecule has 2 aliphatic carbocycles. The molecular formula is C30H34Cl2Zr. The van der Waals surface area contributed by atoms with Crippen LogP contribution in [0.4, 0.5) is 0 Å². The Hall–Kier alpha value is -0.617. The summed E-state index contributed by atoms with van der Waals surface area (Å²) in [4.78, 5) is 0. The maximum Gasteiger partial charge on any atom is -1.00 e. The van der Waals surface area contributed by atoms with Crippen LogP contribution in [0.5, 0.6) is 0 Å². The minimum Gasteiger partial charge on any atom is -1.00 e. The van der Waals surface area contributed by atoms with Gasteiger partial charge in [-0.25, -0.2) is 0 Å². The molecule has 33 heavy (non-hydrogen) atoms. The molecule has 2 aliphatic heterocycles. The number of benzene rings is 2. The predicted molar refractivity (Wildman–Crippen MR) is 128 cm³/mol. The molecule has 4 aliphatic rings. The fraction of sp³-hybridized carbons (Fsp3) is 0.467. The number of allylic oxidation sites excluding steroid dienone is 2. The van der Waals surface area contributed by atoms with Crippen molar-refractivity contribution in [2.24, 2.45) is 0 Å². The van der Waals surface area contributed by atoms with Crippen LogP contribution in [0, 0.1) is 0 Å². The summed E-state index contributed by atoms with van der Waals surface area (Å²) in [5.41, 5.74) is 13.5. The Balaban J connectivity index is 0.00000130. The third-order valence-corrected chi connectivity index (χ3v) is 14.7. The minimum atomic E-state index is -0.804. The summed E-state index contributed by atoms with van der Waals surface area (Å²) in [6, 6.07) is 14.9. The minimum absolute atomic E-state index is 0. The molecule has 2 heterocycles. The molecule has 2 spiro atoms. The van der Waals surface area contributed by atoms with Crippen molar-refractivity contribution in [2.45, 2.75) is 84.3 Å². The fourth-order valence-electron chi connectivity index (χ4n) is 6.59.